The second kappa shape index (κ2) is 6.30. The highest BCUT2D eigenvalue weighted by Crippen LogP contribution is 2.36. The highest BCUT2D eigenvalue weighted by Gasteiger charge is 2.38. The molecule has 2 aliphatic carbocycles. The first-order valence-corrected chi connectivity index (χ1v) is 8.74. The number of likely N-dealkylation sites (N-methyl/N-ethyl adjacent to an activating group) is 1. The molecule has 0 saturated carbocycles. The third-order valence-corrected chi connectivity index (χ3v) is 4.96. The van der Waals surface area contributed by atoms with Crippen molar-refractivity contribution in [2.75, 3.05) is 12.4 Å². The molecule has 130 valence electrons. The van der Waals surface area contributed by atoms with Gasteiger partial charge in [0.05, 0.1) is 11.6 Å². The van der Waals surface area contributed by atoms with E-state index >= 15 is 0 Å². The van der Waals surface area contributed by atoms with E-state index in [0.29, 0.717) is 28.7 Å². The largest absolute Gasteiger partial charge is 0.388 e. The van der Waals surface area contributed by atoms with Gasteiger partial charge in [-0.1, -0.05) is 42.5 Å². The fraction of sp³-hybridized carbons (Fsp3) is 0.182. The molecule has 0 heterocycles. The predicted molar refractivity (Wildman–Crippen MR) is 102 cm³/mol. The standard InChI is InChI=1S/C22H20N2O2/c1-13-6-5-7-14(12-13)24-18-11-10-17(23-2)19-20(18)22(26)16-9-4-3-8-15(16)21(19)25/h3-10,12,18,23-24H,11H2,1-2H3. The minimum absolute atomic E-state index is 0.0683. The minimum Gasteiger partial charge on any atom is -0.388 e. The molecule has 2 N–H and O–H groups in total. The van der Waals surface area contributed by atoms with Crippen LogP contribution in [0, 0.1) is 6.92 Å². The summed E-state index contributed by atoms with van der Waals surface area (Å²) < 4.78 is 0. The fourth-order valence-corrected chi connectivity index (χ4v) is 3.74. The molecule has 4 nitrogen and oxygen atoms in total. The average Bonchev–Trinajstić information content (AvgIpc) is 2.66. The van der Waals surface area contributed by atoms with E-state index in [2.05, 4.69) is 10.6 Å². The van der Waals surface area contributed by atoms with Crippen LogP contribution in [0.3, 0.4) is 0 Å². The number of anilines is 1. The summed E-state index contributed by atoms with van der Waals surface area (Å²) in [4.78, 5) is 26.3. The molecule has 2 aliphatic rings. The lowest BCUT2D eigenvalue weighted by molar-refractivity contribution is 0.0970. The first kappa shape index (κ1) is 16.3. The molecular formula is C22H20N2O2. The highest BCUT2D eigenvalue weighted by molar-refractivity contribution is 6.29. The minimum atomic E-state index is -0.228. The Labute approximate surface area is 152 Å². The van der Waals surface area contributed by atoms with Crippen LogP contribution in [0.25, 0.3) is 0 Å². The van der Waals surface area contributed by atoms with Crippen LogP contribution in [0.4, 0.5) is 5.69 Å². The molecular weight excluding hydrogens is 324 g/mol. The summed E-state index contributed by atoms with van der Waals surface area (Å²) in [6.07, 6.45) is 2.63. The van der Waals surface area contributed by atoms with E-state index in [1.54, 1.807) is 31.3 Å². The summed E-state index contributed by atoms with van der Waals surface area (Å²) >= 11 is 0. The Hall–Kier alpha value is -3.14. The smallest absolute Gasteiger partial charge is 0.196 e. The van der Waals surface area contributed by atoms with Gasteiger partial charge in [-0.05, 0) is 31.0 Å². The van der Waals surface area contributed by atoms with Crippen LogP contribution in [0.15, 0.2) is 71.5 Å². The van der Waals surface area contributed by atoms with Gasteiger partial charge in [0.1, 0.15) is 0 Å². The SMILES string of the molecule is CNC1=CCC(Nc2cccc(C)c2)C2=C1C(=O)c1ccccc1C2=O. The van der Waals surface area contributed by atoms with Gasteiger partial charge < -0.3 is 10.6 Å². The monoisotopic (exact) mass is 344 g/mol. The number of fused-ring (bicyclic) bond motifs is 1. The van der Waals surface area contributed by atoms with Crippen LogP contribution in [-0.4, -0.2) is 24.7 Å². The van der Waals surface area contributed by atoms with E-state index in [0.717, 1.165) is 16.9 Å². The second-order valence-electron chi connectivity index (χ2n) is 6.66. The maximum atomic E-state index is 13.2. The number of Topliss-reactive ketones (excluding diaryl/α,β-unsaturated/α-hetero) is 2. The first-order chi connectivity index (χ1) is 12.6. The van der Waals surface area contributed by atoms with Crippen molar-refractivity contribution in [3.05, 3.63) is 88.1 Å². The number of ketones is 2. The highest BCUT2D eigenvalue weighted by atomic mass is 16.1. The molecule has 1 unspecified atom stereocenters. The lowest BCUT2D eigenvalue weighted by atomic mass is 9.76. The van der Waals surface area contributed by atoms with Crippen LogP contribution in [0.1, 0.15) is 32.7 Å². The Balaban J connectivity index is 1.81. The number of aryl methyl sites for hydroxylation is 1. The molecule has 4 rings (SSSR count). The lowest BCUT2D eigenvalue weighted by Crippen LogP contribution is -2.37. The van der Waals surface area contributed by atoms with Gasteiger partial charge in [0.15, 0.2) is 11.6 Å². The number of carbonyl (C=O) groups excluding carboxylic acids is 2. The molecule has 4 heteroatoms. The maximum Gasteiger partial charge on any atom is 0.196 e. The number of benzene rings is 2. The summed E-state index contributed by atoms with van der Waals surface area (Å²) in [6.45, 7) is 2.03. The molecule has 26 heavy (non-hydrogen) atoms. The van der Waals surface area contributed by atoms with Crippen molar-refractivity contribution in [2.45, 2.75) is 19.4 Å². The van der Waals surface area contributed by atoms with Crippen molar-refractivity contribution in [1.29, 1.82) is 0 Å². The number of rotatable bonds is 3. The Bertz CT molecular complexity index is 985. The predicted octanol–water partition coefficient (Wildman–Crippen LogP) is 3.66. The van der Waals surface area contributed by atoms with Crippen LogP contribution < -0.4 is 10.6 Å². The maximum absolute atomic E-state index is 13.2. The topological polar surface area (TPSA) is 58.2 Å². The van der Waals surface area contributed by atoms with E-state index in [1.807, 2.05) is 37.3 Å². The Morgan fingerprint density at radius 2 is 1.69 bits per heavy atom. The molecule has 0 saturated heterocycles. The number of allylic oxidation sites excluding steroid dienone is 1. The van der Waals surface area contributed by atoms with Crippen molar-refractivity contribution < 1.29 is 9.59 Å². The van der Waals surface area contributed by atoms with Gasteiger partial charge in [-0.2, -0.15) is 0 Å². The second-order valence-corrected chi connectivity index (χ2v) is 6.66. The normalized spacial score (nSPS) is 18.8. The van der Waals surface area contributed by atoms with Crippen molar-refractivity contribution >= 4 is 17.3 Å². The van der Waals surface area contributed by atoms with Gasteiger partial charge >= 0.3 is 0 Å². The first-order valence-electron chi connectivity index (χ1n) is 8.74. The molecule has 0 bridgehead atoms. The van der Waals surface area contributed by atoms with E-state index in [1.165, 1.54) is 0 Å². The van der Waals surface area contributed by atoms with Gasteiger partial charge in [0.2, 0.25) is 0 Å². The Morgan fingerprint density at radius 1 is 0.962 bits per heavy atom. The third kappa shape index (κ3) is 2.54. The number of hydrogen-bond acceptors (Lipinski definition) is 4. The summed E-state index contributed by atoms with van der Waals surface area (Å²) in [5.74, 6) is -0.159. The van der Waals surface area contributed by atoms with E-state index in [9.17, 15) is 9.59 Å². The van der Waals surface area contributed by atoms with Crippen molar-refractivity contribution in [1.82, 2.24) is 5.32 Å². The molecule has 0 radical (unpaired) electrons. The van der Waals surface area contributed by atoms with Gasteiger partial charge in [0, 0.05) is 35.1 Å². The van der Waals surface area contributed by atoms with Crippen LogP contribution in [0.2, 0.25) is 0 Å². The number of nitrogens with one attached hydrogen (secondary N) is 2. The van der Waals surface area contributed by atoms with Gasteiger partial charge in [-0.25, -0.2) is 0 Å². The Morgan fingerprint density at radius 3 is 2.38 bits per heavy atom. The van der Waals surface area contributed by atoms with E-state index < -0.39 is 0 Å². The van der Waals surface area contributed by atoms with Gasteiger partial charge in [0.25, 0.3) is 0 Å². The molecule has 0 amide bonds. The summed E-state index contributed by atoms with van der Waals surface area (Å²) in [6, 6.07) is 14.9. The third-order valence-electron chi connectivity index (χ3n) is 4.96. The van der Waals surface area contributed by atoms with Crippen molar-refractivity contribution in [2.24, 2.45) is 0 Å². The molecule has 0 aliphatic heterocycles. The van der Waals surface area contributed by atoms with E-state index in [-0.39, 0.29) is 17.6 Å². The van der Waals surface area contributed by atoms with Crippen LogP contribution in [-0.2, 0) is 0 Å². The quantitative estimate of drug-likeness (QED) is 0.892. The molecule has 1 atom stereocenters. The zero-order chi connectivity index (χ0) is 18.3. The van der Waals surface area contributed by atoms with Crippen LogP contribution in [0.5, 0.6) is 0 Å². The average molecular weight is 344 g/mol. The molecule has 2 aromatic carbocycles. The molecule has 0 aromatic heterocycles. The zero-order valence-electron chi connectivity index (χ0n) is 14.8. The molecule has 2 aromatic rings. The van der Waals surface area contributed by atoms with Gasteiger partial charge in [-0.3, -0.25) is 9.59 Å². The fourth-order valence-electron chi connectivity index (χ4n) is 3.74. The van der Waals surface area contributed by atoms with Crippen LogP contribution >= 0.6 is 0 Å². The number of carbonyl (C=O) groups is 2. The van der Waals surface area contributed by atoms with Crippen molar-refractivity contribution in [3.8, 4) is 0 Å². The molecule has 0 spiro atoms. The van der Waals surface area contributed by atoms with Gasteiger partial charge in [-0.15, -0.1) is 0 Å². The van der Waals surface area contributed by atoms with Crippen molar-refractivity contribution in [3.63, 3.8) is 0 Å². The zero-order valence-corrected chi connectivity index (χ0v) is 14.8. The molecule has 0 fully saturated rings. The number of hydrogen-bond donors (Lipinski definition) is 2. The summed E-state index contributed by atoms with van der Waals surface area (Å²) in [5.41, 5.74) is 4.84. The summed E-state index contributed by atoms with van der Waals surface area (Å²) in [5, 5.41) is 6.52. The Kier molecular flexibility index (Phi) is 3.96. The van der Waals surface area contributed by atoms with E-state index in [4.69, 9.17) is 0 Å². The lowest BCUT2D eigenvalue weighted by Gasteiger charge is -2.32. The summed E-state index contributed by atoms with van der Waals surface area (Å²) in [7, 11) is 1.78.